The van der Waals surface area contributed by atoms with E-state index in [1.54, 1.807) is 11.6 Å². The molecule has 2 N–H and O–H groups in total. The molecule has 0 aliphatic heterocycles. The zero-order valence-electron chi connectivity index (χ0n) is 14.7. The van der Waals surface area contributed by atoms with E-state index in [0.29, 0.717) is 22.5 Å². The molecule has 0 radical (unpaired) electrons. The first-order valence-electron chi connectivity index (χ1n) is 8.28. The molecule has 8 heteroatoms. The fraction of sp³-hybridized carbons (Fsp3) is 0.105. The van der Waals surface area contributed by atoms with E-state index in [-0.39, 0.29) is 5.91 Å². The highest BCUT2D eigenvalue weighted by atomic mass is 32.1. The van der Waals surface area contributed by atoms with Crippen molar-refractivity contribution in [3.8, 4) is 0 Å². The average Bonchev–Trinajstić information content (AvgIpc) is 3.09. The Labute approximate surface area is 159 Å². The van der Waals surface area contributed by atoms with Crippen LogP contribution in [0.25, 0.3) is 10.9 Å². The van der Waals surface area contributed by atoms with Gasteiger partial charge in [-0.05, 0) is 44.2 Å². The molecule has 27 heavy (non-hydrogen) atoms. The first-order valence-corrected chi connectivity index (χ1v) is 9.16. The molecular formula is C19H16N6OS. The van der Waals surface area contributed by atoms with Gasteiger partial charge in [0, 0.05) is 34.0 Å². The Kier molecular flexibility index (Phi) is 4.47. The number of aromatic nitrogens is 4. The number of anilines is 3. The quantitative estimate of drug-likeness (QED) is 0.557. The molecule has 3 heterocycles. The van der Waals surface area contributed by atoms with E-state index in [1.807, 2.05) is 50.2 Å². The maximum atomic E-state index is 12.5. The van der Waals surface area contributed by atoms with Crippen LogP contribution < -0.4 is 10.6 Å². The molecule has 4 aromatic rings. The smallest absolute Gasteiger partial charge is 0.275 e. The van der Waals surface area contributed by atoms with Gasteiger partial charge < -0.3 is 10.6 Å². The van der Waals surface area contributed by atoms with E-state index in [0.717, 1.165) is 22.3 Å². The van der Waals surface area contributed by atoms with Crippen LogP contribution in [0.2, 0.25) is 0 Å². The van der Waals surface area contributed by atoms with E-state index < -0.39 is 0 Å². The monoisotopic (exact) mass is 376 g/mol. The third-order valence-electron chi connectivity index (χ3n) is 3.80. The van der Waals surface area contributed by atoms with Crippen LogP contribution in [0.1, 0.15) is 21.9 Å². The van der Waals surface area contributed by atoms with Gasteiger partial charge >= 0.3 is 0 Å². The summed E-state index contributed by atoms with van der Waals surface area (Å²) < 4.78 is 0. The fourth-order valence-corrected chi connectivity index (χ4v) is 3.35. The fourth-order valence-electron chi connectivity index (χ4n) is 2.66. The van der Waals surface area contributed by atoms with Crippen molar-refractivity contribution in [3.05, 3.63) is 65.1 Å². The number of aryl methyl sites for hydroxylation is 2. The van der Waals surface area contributed by atoms with Crippen molar-refractivity contribution in [2.45, 2.75) is 13.8 Å². The Balaban J connectivity index is 1.49. The van der Waals surface area contributed by atoms with Crippen molar-refractivity contribution in [2.75, 3.05) is 10.6 Å². The number of pyridine rings is 1. The summed E-state index contributed by atoms with van der Waals surface area (Å²) in [6, 6.07) is 11.3. The van der Waals surface area contributed by atoms with E-state index in [4.69, 9.17) is 0 Å². The summed E-state index contributed by atoms with van der Waals surface area (Å²) in [5, 5.41) is 9.13. The number of carbonyl (C=O) groups excluding carboxylic acids is 1. The highest BCUT2D eigenvalue weighted by Gasteiger charge is 2.12. The van der Waals surface area contributed by atoms with E-state index >= 15 is 0 Å². The van der Waals surface area contributed by atoms with Gasteiger partial charge in [-0.3, -0.25) is 9.78 Å². The molecule has 0 saturated carbocycles. The third kappa shape index (κ3) is 3.90. The molecule has 0 bridgehead atoms. The standard InChI is InChI=1S/C19H16N6OS/c1-11-8-12(2)22-18(21-11)25-19-24-16(10-27-19)17(26)23-14-5-6-15-13(9-14)4-3-7-20-15/h3-10H,1-2H3,(H,23,26)(H,21,22,24,25). The lowest BCUT2D eigenvalue weighted by Gasteiger charge is -2.05. The lowest BCUT2D eigenvalue weighted by Crippen LogP contribution is -2.12. The van der Waals surface area contributed by atoms with Crippen LogP contribution in [-0.4, -0.2) is 25.8 Å². The predicted molar refractivity (Wildman–Crippen MR) is 107 cm³/mol. The van der Waals surface area contributed by atoms with Gasteiger partial charge in [-0.1, -0.05) is 6.07 Å². The zero-order chi connectivity index (χ0) is 18.8. The largest absolute Gasteiger partial charge is 0.321 e. The van der Waals surface area contributed by atoms with Crippen molar-refractivity contribution >= 4 is 44.9 Å². The summed E-state index contributed by atoms with van der Waals surface area (Å²) >= 11 is 1.32. The molecule has 3 aromatic heterocycles. The van der Waals surface area contributed by atoms with Crippen LogP contribution in [0, 0.1) is 13.8 Å². The topological polar surface area (TPSA) is 92.7 Å². The molecule has 0 saturated heterocycles. The molecule has 0 aliphatic carbocycles. The Morgan fingerprint density at radius 2 is 1.85 bits per heavy atom. The minimum absolute atomic E-state index is 0.274. The maximum absolute atomic E-state index is 12.5. The Morgan fingerprint density at radius 1 is 1.04 bits per heavy atom. The second-order valence-corrected chi connectivity index (χ2v) is 6.86. The Morgan fingerprint density at radius 3 is 2.67 bits per heavy atom. The van der Waals surface area contributed by atoms with E-state index in [1.165, 1.54) is 11.3 Å². The number of rotatable bonds is 4. The van der Waals surface area contributed by atoms with Gasteiger partial charge in [0.2, 0.25) is 5.95 Å². The van der Waals surface area contributed by atoms with Gasteiger partial charge in [0.25, 0.3) is 5.91 Å². The normalized spacial score (nSPS) is 10.7. The predicted octanol–water partition coefficient (Wildman–Crippen LogP) is 4.09. The number of thiazole rings is 1. The number of nitrogens with one attached hydrogen (secondary N) is 2. The van der Waals surface area contributed by atoms with Gasteiger partial charge in [-0.25, -0.2) is 15.0 Å². The van der Waals surface area contributed by atoms with E-state index in [2.05, 4.69) is 30.6 Å². The minimum atomic E-state index is -0.274. The molecule has 0 unspecified atom stereocenters. The van der Waals surface area contributed by atoms with Crippen molar-refractivity contribution in [2.24, 2.45) is 0 Å². The summed E-state index contributed by atoms with van der Waals surface area (Å²) in [6.45, 7) is 3.80. The zero-order valence-corrected chi connectivity index (χ0v) is 15.5. The first-order chi connectivity index (χ1) is 13.1. The Hall–Kier alpha value is -3.39. The van der Waals surface area contributed by atoms with Crippen LogP contribution in [0.3, 0.4) is 0 Å². The molecule has 0 spiro atoms. The van der Waals surface area contributed by atoms with Gasteiger partial charge in [0.1, 0.15) is 5.69 Å². The number of hydrogen-bond acceptors (Lipinski definition) is 7. The third-order valence-corrected chi connectivity index (χ3v) is 4.56. The second kappa shape index (κ2) is 7.08. The van der Waals surface area contributed by atoms with Gasteiger partial charge in [0.05, 0.1) is 5.52 Å². The van der Waals surface area contributed by atoms with Gasteiger partial charge in [0.15, 0.2) is 5.13 Å². The van der Waals surface area contributed by atoms with Gasteiger partial charge in [-0.2, -0.15) is 0 Å². The van der Waals surface area contributed by atoms with Crippen molar-refractivity contribution in [1.82, 2.24) is 19.9 Å². The molecule has 1 amide bonds. The van der Waals surface area contributed by atoms with Crippen LogP contribution in [0.15, 0.2) is 48.0 Å². The molecule has 1 aromatic carbocycles. The number of amides is 1. The Bertz CT molecular complexity index is 1120. The average molecular weight is 376 g/mol. The SMILES string of the molecule is Cc1cc(C)nc(Nc2nc(C(=O)Nc3ccc4ncccc4c3)cs2)n1. The summed E-state index contributed by atoms with van der Waals surface area (Å²) in [4.78, 5) is 29.7. The summed E-state index contributed by atoms with van der Waals surface area (Å²) in [7, 11) is 0. The second-order valence-electron chi connectivity index (χ2n) is 6.00. The van der Waals surface area contributed by atoms with Gasteiger partial charge in [-0.15, -0.1) is 11.3 Å². The van der Waals surface area contributed by atoms with Crippen molar-refractivity contribution in [1.29, 1.82) is 0 Å². The maximum Gasteiger partial charge on any atom is 0.275 e. The van der Waals surface area contributed by atoms with Crippen LogP contribution in [0.4, 0.5) is 16.8 Å². The molecule has 0 atom stereocenters. The van der Waals surface area contributed by atoms with E-state index in [9.17, 15) is 4.79 Å². The number of benzene rings is 1. The van der Waals surface area contributed by atoms with Crippen molar-refractivity contribution < 1.29 is 4.79 Å². The molecule has 7 nitrogen and oxygen atoms in total. The highest BCUT2D eigenvalue weighted by Crippen LogP contribution is 2.21. The number of fused-ring (bicyclic) bond motifs is 1. The lowest BCUT2D eigenvalue weighted by molar-refractivity contribution is 0.102. The molecule has 4 rings (SSSR count). The lowest BCUT2D eigenvalue weighted by atomic mass is 10.2. The first kappa shape index (κ1) is 17.0. The number of carbonyl (C=O) groups is 1. The molecule has 0 fully saturated rings. The summed E-state index contributed by atoms with van der Waals surface area (Å²) in [5.74, 6) is 0.194. The van der Waals surface area contributed by atoms with Crippen LogP contribution in [-0.2, 0) is 0 Å². The molecule has 134 valence electrons. The highest BCUT2D eigenvalue weighted by molar-refractivity contribution is 7.14. The van der Waals surface area contributed by atoms with Crippen LogP contribution in [0.5, 0.6) is 0 Å². The minimum Gasteiger partial charge on any atom is -0.321 e. The molecular weight excluding hydrogens is 360 g/mol. The summed E-state index contributed by atoms with van der Waals surface area (Å²) in [6.07, 6.45) is 1.74. The van der Waals surface area contributed by atoms with Crippen molar-refractivity contribution in [3.63, 3.8) is 0 Å². The summed E-state index contributed by atoms with van der Waals surface area (Å²) in [5.41, 5.74) is 3.64. The number of nitrogens with zero attached hydrogens (tertiary/aromatic N) is 4. The number of hydrogen-bond donors (Lipinski definition) is 2. The molecule has 0 aliphatic rings. The van der Waals surface area contributed by atoms with Crippen LogP contribution >= 0.6 is 11.3 Å².